The fourth-order valence-corrected chi connectivity index (χ4v) is 0.618. The number of rotatable bonds is 7. The smallest absolute Gasteiger partial charge is 0.547 e. The second-order valence-corrected chi connectivity index (χ2v) is 4.35. The van der Waals surface area contributed by atoms with Crippen molar-refractivity contribution in [3.63, 3.8) is 0 Å². The first-order valence-corrected chi connectivity index (χ1v) is 6.39. The molecular weight excluding hydrogens is 376 g/mol. The molecule has 7 N–H and O–H groups in total. The van der Waals surface area contributed by atoms with Crippen molar-refractivity contribution >= 4 is 56.0 Å². The first-order valence-electron chi connectivity index (χ1n) is 6.39. The molecule has 6 unspecified atom stereocenters. The molecule has 0 saturated carbocycles. The molecule has 0 aliphatic carbocycles. The molecule has 0 spiro atoms. The summed E-state index contributed by atoms with van der Waals surface area (Å²) in [6.07, 6.45) is -9.52. The number of hydrogen-bond acceptors (Lipinski definition) is 12. The molecule has 0 aromatic heterocycles. The molecule has 0 rings (SSSR count). The summed E-state index contributed by atoms with van der Waals surface area (Å²) in [5, 5.41) is 78.1. The van der Waals surface area contributed by atoms with E-state index in [-0.39, 0.29) is 44.0 Å². The summed E-state index contributed by atoms with van der Waals surface area (Å²) >= 11 is 0. The Morgan fingerprint density at radius 1 is 0.880 bits per heavy atom. The maximum absolute atomic E-state index is 9.90. The first kappa shape index (κ1) is 32.3. The Labute approximate surface area is 173 Å². The molecule has 0 aromatic carbocycles. The van der Waals surface area contributed by atoms with Crippen LogP contribution < -0.4 is 10.2 Å². The van der Waals surface area contributed by atoms with E-state index in [0.29, 0.717) is 0 Å². The van der Waals surface area contributed by atoms with Crippen LogP contribution >= 0.6 is 0 Å². The molecular formula is C12H22CaO12. The molecule has 0 bridgehead atoms. The van der Waals surface area contributed by atoms with E-state index in [1.807, 2.05) is 0 Å². The van der Waals surface area contributed by atoms with Gasteiger partial charge in [0.1, 0.15) is 24.4 Å². The van der Waals surface area contributed by atoms with Crippen LogP contribution in [-0.2, 0) is 14.4 Å². The second kappa shape index (κ2) is 18.4. The van der Waals surface area contributed by atoms with E-state index in [1.54, 1.807) is 0 Å². The van der Waals surface area contributed by atoms with Crippen LogP contribution in [0.1, 0.15) is 13.8 Å². The Morgan fingerprint density at radius 3 is 1.32 bits per heavy atom. The van der Waals surface area contributed by atoms with Crippen LogP contribution in [0, 0.1) is 0 Å². The van der Waals surface area contributed by atoms with Crippen LogP contribution in [-0.4, -0.2) is 135 Å². The van der Waals surface area contributed by atoms with Crippen molar-refractivity contribution in [1.29, 1.82) is 0 Å². The van der Waals surface area contributed by atoms with Crippen molar-refractivity contribution in [2.45, 2.75) is 50.5 Å². The Morgan fingerprint density at radius 2 is 1.16 bits per heavy atom. The molecule has 0 amide bonds. The van der Waals surface area contributed by atoms with E-state index < -0.39 is 55.2 Å². The maximum atomic E-state index is 9.90. The zero-order chi connectivity index (χ0) is 20.0. The number of aliphatic hydroxyl groups is 7. The normalized spacial score (nSPS) is 16.7. The zero-order valence-corrected chi connectivity index (χ0v) is 15.8. The molecule has 0 aromatic rings. The van der Waals surface area contributed by atoms with Gasteiger partial charge < -0.3 is 60.3 Å². The van der Waals surface area contributed by atoms with Gasteiger partial charge in [0, 0.05) is 0 Å². The third-order valence-electron chi connectivity index (χ3n) is 2.10. The predicted octanol–water partition coefficient (Wildman–Crippen LogP) is -7.53. The third-order valence-corrected chi connectivity index (χ3v) is 2.10. The standard InChI is InChI=1S/C6H12O6.2C3H6O3.Ca/c7-1-3(9)5(11)6(12)4(10)2-8;2*1-2(4)3(5)6;/h1,3-6,8-12H,2H2;2*2,4H,1H3,(H,5,6);/q;;;+2/p-2. The quantitative estimate of drug-likeness (QED) is 0.156. The number of aliphatic carboxylic acids is 2. The van der Waals surface area contributed by atoms with Crippen LogP contribution in [0.2, 0.25) is 0 Å². The summed E-state index contributed by atoms with van der Waals surface area (Å²) in [4.78, 5) is 28.6. The van der Waals surface area contributed by atoms with Gasteiger partial charge >= 0.3 is 37.7 Å². The summed E-state index contributed by atoms with van der Waals surface area (Å²) in [6, 6.07) is 0. The topological polar surface area (TPSA) is 239 Å². The van der Waals surface area contributed by atoms with Gasteiger partial charge in [-0.3, -0.25) is 0 Å². The number of carbonyl (C=O) groups excluding carboxylic acids is 3. The van der Waals surface area contributed by atoms with Crippen molar-refractivity contribution in [3.05, 3.63) is 0 Å². The van der Waals surface area contributed by atoms with Gasteiger partial charge in [-0.1, -0.05) is 0 Å². The van der Waals surface area contributed by atoms with E-state index in [9.17, 15) is 24.6 Å². The molecule has 0 saturated heterocycles. The summed E-state index contributed by atoms with van der Waals surface area (Å²) in [5.74, 6) is -2.87. The predicted molar refractivity (Wildman–Crippen MR) is 76.3 cm³/mol. The minimum absolute atomic E-state index is 0. The van der Waals surface area contributed by atoms with Gasteiger partial charge in [0.2, 0.25) is 0 Å². The van der Waals surface area contributed by atoms with Crippen LogP contribution in [0.5, 0.6) is 0 Å². The molecule has 0 aliphatic heterocycles. The van der Waals surface area contributed by atoms with Crippen LogP contribution in [0.3, 0.4) is 0 Å². The SMILES string of the molecule is CC(O)C(=O)[O-].CC(O)C(=O)[O-].O=CC(O)C(O)C(O)C(O)CO.[Ca+2]. The Balaban J connectivity index is -0.000000144. The van der Waals surface area contributed by atoms with E-state index in [1.165, 1.54) is 0 Å². The zero-order valence-electron chi connectivity index (χ0n) is 13.6. The van der Waals surface area contributed by atoms with Crippen LogP contribution in [0.25, 0.3) is 0 Å². The van der Waals surface area contributed by atoms with Crippen molar-refractivity contribution < 1.29 is 60.3 Å². The van der Waals surface area contributed by atoms with Gasteiger partial charge in [0.05, 0.1) is 30.8 Å². The summed E-state index contributed by atoms with van der Waals surface area (Å²) in [5.41, 5.74) is 0. The van der Waals surface area contributed by atoms with Gasteiger partial charge in [-0.15, -0.1) is 0 Å². The van der Waals surface area contributed by atoms with Crippen LogP contribution in [0.4, 0.5) is 0 Å². The average molecular weight is 398 g/mol. The molecule has 12 nitrogen and oxygen atoms in total. The fourth-order valence-electron chi connectivity index (χ4n) is 0.618. The molecule has 144 valence electrons. The number of carbonyl (C=O) groups is 3. The largest absolute Gasteiger partial charge is 2.00 e. The molecule has 0 fully saturated rings. The third kappa shape index (κ3) is 19.8. The maximum Gasteiger partial charge on any atom is 2.00 e. The van der Waals surface area contributed by atoms with Crippen molar-refractivity contribution in [1.82, 2.24) is 0 Å². The van der Waals surface area contributed by atoms with E-state index in [2.05, 4.69) is 0 Å². The van der Waals surface area contributed by atoms with Crippen molar-refractivity contribution in [3.8, 4) is 0 Å². The summed E-state index contributed by atoms with van der Waals surface area (Å²) in [7, 11) is 0. The average Bonchev–Trinajstić information content (AvgIpc) is 2.52. The molecule has 6 atom stereocenters. The van der Waals surface area contributed by atoms with E-state index in [4.69, 9.17) is 35.7 Å². The van der Waals surface area contributed by atoms with Gasteiger partial charge in [0.15, 0.2) is 6.29 Å². The second-order valence-electron chi connectivity index (χ2n) is 4.35. The first-order chi connectivity index (χ1) is 10.8. The number of aldehydes is 1. The van der Waals surface area contributed by atoms with E-state index >= 15 is 0 Å². The van der Waals surface area contributed by atoms with Gasteiger partial charge in [-0.05, 0) is 13.8 Å². The van der Waals surface area contributed by atoms with Crippen molar-refractivity contribution in [2.24, 2.45) is 0 Å². The molecule has 13 heteroatoms. The Hall–Kier alpha value is -0.410. The molecule has 0 aliphatic rings. The van der Waals surface area contributed by atoms with Crippen LogP contribution in [0.15, 0.2) is 0 Å². The Bertz CT molecular complexity index is 344. The Kier molecular flexibility index (Phi) is 23.7. The minimum Gasteiger partial charge on any atom is -0.547 e. The number of carboxylic acids is 2. The summed E-state index contributed by atoms with van der Waals surface area (Å²) < 4.78 is 0. The molecule has 0 heterocycles. The van der Waals surface area contributed by atoms with E-state index in [0.717, 1.165) is 13.8 Å². The van der Waals surface area contributed by atoms with Gasteiger partial charge in [0.25, 0.3) is 0 Å². The monoisotopic (exact) mass is 398 g/mol. The van der Waals surface area contributed by atoms with Gasteiger partial charge in [-0.25, -0.2) is 0 Å². The minimum atomic E-state index is -1.79. The fraction of sp³-hybridized carbons (Fsp3) is 0.750. The molecule has 25 heavy (non-hydrogen) atoms. The number of carboxylic acid groups (broad SMARTS) is 2. The van der Waals surface area contributed by atoms with Gasteiger partial charge in [-0.2, -0.15) is 0 Å². The number of aliphatic hydroxyl groups excluding tert-OH is 7. The summed E-state index contributed by atoms with van der Waals surface area (Å²) in [6.45, 7) is 1.51. The number of hydrogen-bond donors (Lipinski definition) is 7. The molecule has 0 radical (unpaired) electrons. The van der Waals surface area contributed by atoms with Crippen molar-refractivity contribution in [2.75, 3.05) is 6.61 Å².